The highest BCUT2D eigenvalue weighted by Gasteiger charge is 2.05. The van der Waals surface area contributed by atoms with Crippen LogP contribution in [0.15, 0.2) is 91.0 Å². The maximum absolute atomic E-state index is 4.65. The molecule has 0 aliphatic carbocycles. The van der Waals surface area contributed by atoms with Crippen LogP contribution in [0.5, 0.6) is 0 Å². The van der Waals surface area contributed by atoms with E-state index in [4.69, 9.17) is 0 Å². The Balaban J connectivity index is 1.42. The van der Waals surface area contributed by atoms with Crippen molar-refractivity contribution in [2.24, 2.45) is 0 Å². The number of aromatic nitrogens is 2. The van der Waals surface area contributed by atoms with Gasteiger partial charge >= 0.3 is 0 Å². The summed E-state index contributed by atoms with van der Waals surface area (Å²) in [4.78, 5) is 9.19. The van der Waals surface area contributed by atoms with Gasteiger partial charge in [0.15, 0.2) is 0 Å². The lowest BCUT2D eigenvalue weighted by molar-refractivity contribution is 1.11. The molecule has 2 N–H and O–H groups in total. The van der Waals surface area contributed by atoms with Gasteiger partial charge in [0, 0.05) is 23.1 Å². The van der Waals surface area contributed by atoms with Crippen LogP contribution in [0.1, 0.15) is 5.69 Å². The van der Waals surface area contributed by atoms with Crippen LogP contribution in [0.3, 0.4) is 0 Å². The Bertz CT molecular complexity index is 1230. The van der Waals surface area contributed by atoms with E-state index in [0.717, 1.165) is 22.9 Å². The maximum Gasteiger partial charge on any atom is 0.229 e. The van der Waals surface area contributed by atoms with Gasteiger partial charge < -0.3 is 10.6 Å². The Morgan fingerprint density at radius 3 is 1.72 bits per heavy atom. The Hall–Kier alpha value is -3.92. The van der Waals surface area contributed by atoms with Gasteiger partial charge in [-0.2, -0.15) is 4.98 Å². The summed E-state index contributed by atoms with van der Waals surface area (Å²) in [5.41, 5.74) is 2.86. The van der Waals surface area contributed by atoms with Gasteiger partial charge in [-0.05, 0) is 52.7 Å². The largest absolute Gasteiger partial charge is 0.340 e. The van der Waals surface area contributed by atoms with Crippen molar-refractivity contribution in [3.63, 3.8) is 0 Å². The first-order chi connectivity index (χ1) is 14.2. The van der Waals surface area contributed by atoms with Crippen molar-refractivity contribution in [3.8, 4) is 0 Å². The number of hydrogen-bond acceptors (Lipinski definition) is 4. The van der Waals surface area contributed by atoms with E-state index >= 15 is 0 Å². The number of nitrogens with zero attached hydrogens (tertiary/aromatic N) is 2. The lowest BCUT2D eigenvalue weighted by atomic mass is 10.1. The molecule has 140 valence electrons. The van der Waals surface area contributed by atoms with Crippen LogP contribution < -0.4 is 10.6 Å². The fraction of sp³-hybridized carbons (Fsp3) is 0.0400. The lowest BCUT2D eigenvalue weighted by Crippen LogP contribution is -2.02. The van der Waals surface area contributed by atoms with Crippen molar-refractivity contribution in [1.29, 1.82) is 0 Å². The van der Waals surface area contributed by atoms with Crippen LogP contribution in [-0.4, -0.2) is 9.97 Å². The molecule has 0 fully saturated rings. The smallest absolute Gasteiger partial charge is 0.229 e. The minimum absolute atomic E-state index is 0.573. The second kappa shape index (κ2) is 7.24. The average molecular weight is 376 g/mol. The van der Waals surface area contributed by atoms with E-state index in [0.29, 0.717) is 5.95 Å². The molecule has 1 heterocycles. The lowest BCUT2D eigenvalue weighted by Gasteiger charge is -2.11. The summed E-state index contributed by atoms with van der Waals surface area (Å²) in [6.45, 7) is 1.97. The quantitative estimate of drug-likeness (QED) is 0.372. The minimum atomic E-state index is 0.573. The number of fused-ring (bicyclic) bond motifs is 2. The van der Waals surface area contributed by atoms with Crippen molar-refractivity contribution in [1.82, 2.24) is 9.97 Å². The van der Waals surface area contributed by atoms with Crippen molar-refractivity contribution >= 4 is 44.7 Å². The van der Waals surface area contributed by atoms with E-state index in [1.165, 1.54) is 21.5 Å². The van der Waals surface area contributed by atoms with E-state index < -0.39 is 0 Å². The molecule has 4 nitrogen and oxygen atoms in total. The predicted molar refractivity (Wildman–Crippen MR) is 121 cm³/mol. The van der Waals surface area contributed by atoms with Crippen molar-refractivity contribution in [2.75, 3.05) is 10.6 Å². The van der Waals surface area contributed by atoms with Crippen LogP contribution in [0.2, 0.25) is 0 Å². The summed E-state index contributed by atoms with van der Waals surface area (Å²) >= 11 is 0. The van der Waals surface area contributed by atoms with Crippen molar-refractivity contribution in [3.05, 3.63) is 96.7 Å². The van der Waals surface area contributed by atoms with E-state index in [1.807, 2.05) is 43.3 Å². The van der Waals surface area contributed by atoms with Gasteiger partial charge in [-0.15, -0.1) is 0 Å². The molecule has 0 aliphatic rings. The summed E-state index contributed by atoms with van der Waals surface area (Å²) < 4.78 is 0. The Morgan fingerprint density at radius 1 is 0.552 bits per heavy atom. The summed E-state index contributed by atoms with van der Waals surface area (Å²) in [6, 6.07) is 31.1. The standard InChI is InChI=1S/C25H20N4/c1-17-14-24(27-22-12-10-18-6-2-4-8-20(18)15-22)29-25(26-17)28-23-13-11-19-7-3-5-9-21(19)16-23/h2-16H,1H3,(H2,26,27,28,29). The van der Waals surface area contributed by atoms with Crippen LogP contribution in [0.4, 0.5) is 23.1 Å². The molecule has 0 amide bonds. The van der Waals surface area contributed by atoms with Crippen molar-refractivity contribution in [2.45, 2.75) is 6.92 Å². The molecule has 29 heavy (non-hydrogen) atoms. The third kappa shape index (κ3) is 3.73. The number of aryl methyl sites for hydroxylation is 1. The van der Waals surface area contributed by atoms with Gasteiger partial charge in [0.05, 0.1) is 0 Å². The number of rotatable bonds is 4. The molecule has 4 heteroatoms. The molecule has 5 rings (SSSR count). The van der Waals surface area contributed by atoms with Gasteiger partial charge in [0.2, 0.25) is 5.95 Å². The van der Waals surface area contributed by atoms with E-state index in [9.17, 15) is 0 Å². The topological polar surface area (TPSA) is 49.8 Å². The first kappa shape index (κ1) is 17.2. The van der Waals surface area contributed by atoms with Gasteiger partial charge in [-0.3, -0.25) is 0 Å². The molecule has 0 saturated heterocycles. The minimum Gasteiger partial charge on any atom is -0.340 e. The maximum atomic E-state index is 4.65. The Morgan fingerprint density at radius 2 is 1.10 bits per heavy atom. The second-order valence-corrected chi connectivity index (χ2v) is 7.09. The molecular formula is C25H20N4. The zero-order valence-corrected chi connectivity index (χ0v) is 16.1. The molecule has 5 aromatic rings. The van der Waals surface area contributed by atoms with Crippen LogP contribution >= 0.6 is 0 Å². The van der Waals surface area contributed by atoms with E-state index in [2.05, 4.69) is 75.2 Å². The first-order valence-corrected chi connectivity index (χ1v) is 9.60. The molecule has 0 bridgehead atoms. The van der Waals surface area contributed by atoms with E-state index in [-0.39, 0.29) is 0 Å². The van der Waals surface area contributed by atoms with Crippen LogP contribution in [0.25, 0.3) is 21.5 Å². The zero-order chi connectivity index (χ0) is 19.6. The summed E-state index contributed by atoms with van der Waals surface area (Å²) in [6.07, 6.45) is 0. The fourth-order valence-electron chi connectivity index (χ4n) is 3.50. The van der Waals surface area contributed by atoms with Gasteiger partial charge in [-0.1, -0.05) is 60.7 Å². The number of nitrogens with one attached hydrogen (secondary N) is 2. The molecule has 0 saturated carbocycles. The number of benzene rings is 4. The zero-order valence-electron chi connectivity index (χ0n) is 16.1. The Labute approximate surface area is 169 Å². The first-order valence-electron chi connectivity index (χ1n) is 9.60. The highest BCUT2D eigenvalue weighted by molar-refractivity contribution is 5.87. The highest BCUT2D eigenvalue weighted by Crippen LogP contribution is 2.24. The molecule has 0 aliphatic heterocycles. The van der Waals surface area contributed by atoms with Crippen LogP contribution in [-0.2, 0) is 0 Å². The number of anilines is 4. The monoisotopic (exact) mass is 376 g/mol. The third-order valence-corrected chi connectivity index (χ3v) is 4.88. The molecule has 0 radical (unpaired) electrons. The second-order valence-electron chi connectivity index (χ2n) is 7.09. The van der Waals surface area contributed by atoms with E-state index in [1.54, 1.807) is 0 Å². The van der Waals surface area contributed by atoms with Gasteiger partial charge in [-0.25, -0.2) is 4.98 Å². The molecule has 0 unspecified atom stereocenters. The number of hydrogen-bond donors (Lipinski definition) is 2. The molecule has 0 spiro atoms. The average Bonchev–Trinajstić information content (AvgIpc) is 2.73. The summed E-state index contributed by atoms with van der Waals surface area (Å²) in [5.74, 6) is 1.33. The summed E-state index contributed by atoms with van der Waals surface area (Å²) in [5, 5.41) is 11.5. The molecular weight excluding hydrogens is 356 g/mol. The molecule has 0 atom stereocenters. The molecule has 4 aromatic carbocycles. The third-order valence-electron chi connectivity index (χ3n) is 4.88. The SMILES string of the molecule is Cc1cc(Nc2ccc3ccccc3c2)nc(Nc2ccc3ccccc3c2)n1. The predicted octanol–water partition coefficient (Wildman–Crippen LogP) is 6.58. The van der Waals surface area contributed by atoms with Gasteiger partial charge in [0.1, 0.15) is 5.82 Å². The Kier molecular flexibility index (Phi) is 4.30. The summed E-state index contributed by atoms with van der Waals surface area (Å²) in [7, 11) is 0. The van der Waals surface area contributed by atoms with Crippen molar-refractivity contribution < 1.29 is 0 Å². The van der Waals surface area contributed by atoms with Gasteiger partial charge in [0.25, 0.3) is 0 Å². The molecule has 1 aromatic heterocycles. The fourth-order valence-corrected chi connectivity index (χ4v) is 3.50. The highest BCUT2D eigenvalue weighted by atomic mass is 15.1. The normalized spacial score (nSPS) is 10.9. The van der Waals surface area contributed by atoms with Crippen LogP contribution in [0, 0.1) is 6.92 Å².